The van der Waals surface area contributed by atoms with Crippen LogP contribution in [-0.4, -0.2) is 30.9 Å². The van der Waals surface area contributed by atoms with Crippen molar-refractivity contribution in [3.8, 4) is 0 Å². The second kappa shape index (κ2) is 7.31. The summed E-state index contributed by atoms with van der Waals surface area (Å²) in [6, 6.07) is 2.03. The van der Waals surface area contributed by atoms with Crippen LogP contribution >= 0.6 is 31.9 Å². The maximum Gasteiger partial charge on any atom is 0.264 e. The van der Waals surface area contributed by atoms with Crippen LogP contribution in [0.4, 0.5) is 0 Å². The Bertz CT molecular complexity index is 420. The molecule has 0 aromatic carbocycles. The molecule has 1 aromatic rings. The molecule has 96 valence electrons. The lowest BCUT2D eigenvalue weighted by atomic mass is 10.3. The van der Waals surface area contributed by atoms with Crippen LogP contribution < -0.4 is 10.9 Å². The quantitative estimate of drug-likeness (QED) is 0.836. The fourth-order valence-electron chi connectivity index (χ4n) is 1.47. The van der Waals surface area contributed by atoms with Gasteiger partial charge in [-0.2, -0.15) is 0 Å². The Labute approximate surface area is 118 Å². The first-order valence-corrected chi connectivity index (χ1v) is 6.91. The maximum absolute atomic E-state index is 11.8. The fraction of sp³-hybridized carbons (Fsp3) is 0.545. The van der Waals surface area contributed by atoms with Crippen molar-refractivity contribution in [3.05, 3.63) is 31.6 Å². The van der Waals surface area contributed by atoms with Crippen molar-refractivity contribution in [1.29, 1.82) is 0 Å². The molecule has 1 atom stereocenters. The molecule has 0 saturated heterocycles. The molecule has 0 aliphatic carbocycles. The molecule has 0 bridgehead atoms. The molecule has 1 rings (SSSR count). The van der Waals surface area contributed by atoms with Gasteiger partial charge in [-0.3, -0.25) is 4.79 Å². The molecule has 0 fully saturated rings. The standard InChI is InChI=1S/C11H16Br2N2O2/c1-8(7-17-2)14-3-4-15-6-9(12)5-10(13)11(15)16/h5-6,8,14H,3-4,7H2,1-2H3. The number of nitrogens with zero attached hydrogens (tertiary/aromatic N) is 1. The molecule has 1 aromatic heterocycles. The van der Waals surface area contributed by atoms with Crippen molar-refractivity contribution in [1.82, 2.24) is 9.88 Å². The van der Waals surface area contributed by atoms with Crippen molar-refractivity contribution < 1.29 is 4.74 Å². The average Bonchev–Trinajstić information content (AvgIpc) is 2.25. The predicted octanol–water partition coefficient (Wildman–Crippen LogP) is 2.00. The van der Waals surface area contributed by atoms with Crippen LogP contribution in [0.3, 0.4) is 0 Å². The van der Waals surface area contributed by atoms with E-state index in [1.165, 1.54) is 0 Å². The molecule has 17 heavy (non-hydrogen) atoms. The third-order valence-electron chi connectivity index (χ3n) is 2.27. The highest BCUT2D eigenvalue weighted by atomic mass is 79.9. The molecule has 0 saturated carbocycles. The van der Waals surface area contributed by atoms with E-state index in [1.807, 2.05) is 6.92 Å². The van der Waals surface area contributed by atoms with Gasteiger partial charge in [0, 0.05) is 36.9 Å². The van der Waals surface area contributed by atoms with Gasteiger partial charge in [0.25, 0.3) is 5.56 Å². The van der Waals surface area contributed by atoms with Gasteiger partial charge in [0.1, 0.15) is 0 Å². The molecule has 6 heteroatoms. The van der Waals surface area contributed by atoms with Gasteiger partial charge in [0.15, 0.2) is 0 Å². The van der Waals surface area contributed by atoms with Crippen molar-refractivity contribution >= 4 is 31.9 Å². The minimum Gasteiger partial charge on any atom is -0.383 e. The summed E-state index contributed by atoms with van der Waals surface area (Å²) in [5, 5.41) is 3.28. The molecule has 1 heterocycles. The summed E-state index contributed by atoms with van der Waals surface area (Å²) in [6.45, 7) is 4.07. The van der Waals surface area contributed by atoms with Gasteiger partial charge in [-0.15, -0.1) is 0 Å². The fourth-order valence-corrected chi connectivity index (χ4v) is 2.73. The molecular weight excluding hydrogens is 352 g/mol. The number of hydrogen-bond acceptors (Lipinski definition) is 3. The summed E-state index contributed by atoms with van der Waals surface area (Å²) in [4.78, 5) is 11.8. The Balaban J connectivity index is 2.55. The zero-order chi connectivity index (χ0) is 12.8. The van der Waals surface area contributed by atoms with E-state index in [0.29, 0.717) is 17.6 Å². The van der Waals surface area contributed by atoms with E-state index in [4.69, 9.17) is 4.74 Å². The monoisotopic (exact) mass is 366 g/mol. The lowest BCUT2D eigenvalue weighted by Gasteiger charge is -2.13. The summed E-state index contributed by atoms with van der Waals surface area (Å²) in [6.07, 6.45) is 1.79. The number of pyridine rings is 1. The first-order chi connectivity index (χ1) is 8.04. The van der Waals surface area contributed by atoms with Crippen molar-refractivity contribution in [2.45, 2.75) is 19.5 Å². The highest BCUT2D eigenvalue weighted by molar-refractivity contribution is 9.11. The largest absolute Gasteiger partial charge is 0.383 e. The first kappa shape index (κ1) is 14.9. The van der Waals surface area contributed by atoms with Crippen LogP contribution in [0.2, 0.25) is 0 Å². The number of nitrogens with one attached hydrogen (secondary N) is 1. The summed E-state index contributed by atoms with van der Waals surface area (Å²) in [5.74, 6) is 0. The van der Waals surface area contributed by atoms with Crippen LogP contribution in [0, 0.1) is 0 Å². The molecule has 4 nitrogen and oxygen atoms in total. The molecule has 0 radical (unpaired) electrons. The van der Waals surface area contributed by atoms with Gasteiger partial charge in [0.2, 0.25) is 0 Å². The Morgan fingerprint density at radius 1 is 1.53 bits per heavy atom. The van der Waals surface area contributed by atoms with E-state index >= 15 is 0 Å². The van der Waals surface area contributed by atoms with Gasteiger partial charge in [-0.1, -0.05) is 0 Å². The zero-order valence-corrected chi connectivity index (χ0v) is 13.0. The van der Waals surface area contributed by atoms with Crippen LogP contribution in [0.1, 0.15) is 6.92 Å². The van der Waals surface area contributed by atoms with E-state index < -0.39 is 0 Å². The minimum absolute atomic E-state index is 0.0191. The second-order valence-electron chi connectivity index (χ2n) is 3.82. The number of halogens is 2. The molecule has 0 aliphatic heterocycles. The predicted molar refractivity (Wildman–Crippen MR) is 75.4 cm³/mol. The number of hydrogen-bond donors (Lipinski definition) is 1. The summed E-state index contributed by atoms with van der Waals surface area (Å²) in [5.41, 5.74) is -0.0191. The molecule has 0 spiro atoms. The van der Waals surface area contributed by atoms with Gasteiger partial charge in [0.05, 0.1) is 11.1 Å². The lowest BCUT2D eigenvalue weighted by molar-refractivity contribution is 0.172. The molecule has 0 aliphatic rings. The van der Waals surface area contributed by atoms with E-state index in [2.05, 4.69) is 37.2 Å². The third kappa shape index (κ3) is 4.91. The van der Waals surface area contributed by atoms with Crippen molar-refractivity contribution in [3.63, 3.8) is 0 Å². The van der Waals surface area contributed by atoms with E-state index in [1.54, 1.807) is 23.9 Å². The number of rotatable bonds is 6. The normalized spacial score (nSPS) is 12.7. The summed E-state index contributed by atoms with van der Waals surface area (Å²) < 4.78 is 8.14. The van der Waals surface area contributed by atoms with Gasteiger partial charge in [-0.25, -0.2) is 0 Å². The molecular formula is C11H16Br2N2O2. The second-order valence-corrected chi connectivity index (χ2v) is 5.59. The topological polar surface area (TPSA) is 43.3 Å². The van der Waals surface area contributed by atoms with Crippen molar-refractivity contribution in [2.24, 2.45) is 0 Å². The number of methoxy groups -OCH3 is 1. The van der Waals surface area contributed by atoms with Gasteiger partial charge in [-0.05, 0) is 44.8 Å². The third-order valence-corrected chi connectivity index (χ3v) is 3.27. The van der Waals surface area contributed by atoms with Crippen LogP contribution in [0.15, 0.2) is 26.0 Å². The molecule has 1 unspecified atom stereocenters. The first-order valence-electron chi connectivity index (χ1n) is 5.32. The maximum atomic E-state index is 11.8. The smallest absolute Gasteiger partial charge is 0.264 e. The van der Waals surface area contributed by atoms with Crippen LogP contribution in [-0.2, 0) is 11.3 Å². The van der Waals surface area contributed by atoms with E-state index in [0.717, 1.165) is 11.0 Å². The Morgan fingerprint density at radius 2 is 2.24 bits per heavy atom. The van der Waals surface area contributed by atoms with Crippen LogP contribution in [0.25, 0.3) is 0 Å². The Hall–Kier alpha value is -0.170. The Morgan fingerprint density at radius 3 is 2.88 bits per heavy atom. The summed E-state index contributed by atoms with van der Waals surface area (Å²) in [7, 11) is 1.67. The van der Waals surface area contributed by atoms with Crippen molar-refractivity contribution in [2.75, 3.05) is 20.3 Å². The summed E-state index contributed by atoms with van der Waals surface area (Å²) >= 11 is 6.60. The molecule has 0 amide bonds. The van der Waals surface area contributed by atoms with Gasteiger partial charge < -0.3 is 14.6 Å². The highest BCUT2D eigenvalue weighted by Gasteiger charge is 2.04. The average molecular weight is 368 g/mol. The van der Waals surface area contributed by atoms with Gasteiger partial charge >= 0.3 is 0 Å². The van der Waals surface area contributed by atoms with E-state index in [9.17, 15) is 4.79 Å². The zero-order valence-electron chi connectivity index (χ0n) is 9.87. The van der Waals surface area contributed by atoms with E-state index in [-0.39, 0.29) is 11.6 Å². The molecule has 1 N–H and O–H groups in total. The van der Waals surface area contributed by atoms with Crippen LogP contribution in [0.5, 0.6) is 0 Å². The highest BCUT2D eigenvalue weighted by Crippen LogP contribution is 2.12. The Kier molecular flexibility index (Phi) is 6.40. The SMILES string of the molecule is COCC(C)NCCn1cc(Br)cc(Br)c1=O. The lowest BCUT2D eigenvalue weighted by Crippen LogP contribution is -2.34. The minimum atomic E-state index is -0.0191. The number of ether oxygens (including phenoxy) is 1. The number of aromatic nitrogens is 1.